The fourth-order valence-electron chi connectivity index (χ4n) is 3.00. The Labute approximate surface area is 159 Å². The molecule has 27 heavy (non-hydrogen) atoms. The molecule has 6 heteroatoms. The van der Waals surface area contributed by atoms with Crippen molar-refractivity contribution in [3.8, 4) is 26.6 Å². The van der Waals surface area contributed by atoms with Crippen molar-refractivity contribution in [1.82, 2.24) is 0 Å². The number of carbonyl (C=O) groups excluding carboxylic acids is 2. The summed E-state index contributed by atoms with van der Waals surface area (Å²) in [6, 6.07) is 14.6. The average molecular weight is 380 g/mol. The molecule has 2 aromatic carbocycles. The topological polar surface area (TPSA) is 72.8 Å². The minimum Gasteiger partial charge on any atom is -0.507 e. The molecule has 0 aliphatic carbocycles. The third kappa shape index (κ3) is 3.19. The van der Waals surface area contributed by atoms with Crippen molar-refractivity contribution in [3.63, 3.8) is 0 Å². The van der Waals surface area contributed by atoms with E-state index in [1.165, 1.54) is 0 Å². The Bertz CT molecular complexity index is 1050. The van der Waals surface area contributed by atoms with E-state index in [-0.39, 0.29) is 23.9 Å². The quantitative estimate of drug-likeness (QED) is 0.668. The lowest BCUT2D eigenvalue weighted by molar-refractivity contribution is 0.0518. The summed E-state index contributed by atoms with van der Waals surface area (Å²) < 4.78 is 9.98. The van der Waals surface area contributed by atoms with Gasteiger partial charge in [-0.25, -0.2) is 9.59 Å². The van der Waals surface area contributed by atoms with Gasteiger partial charge in [0.05, 0.1) is 12.2 Å². The van der Waals surface area contributed by atoms with Crippen molar-refractivity contribution in [1.29, 1.82) is 0 Å². The van der Waals surface area contributed by atoms with Crippen molar-refractivity contribution >= 4 is 23.3 Å². The first-order valence-corrected chi connectivity index (χ1v) is 9.29. The smallest absolute Gasteiger partial charge is 0.341 e. The third-order valence-electron chi connectivity index (χ3n) is 4.35. The molecule has 0 unspecified atom stereocenters. The number of phenols is 1. The Balaban J connectivity index is 1.62. The van der Waals surface area contributed by atoms with Crippen LogP contribution in [0.1, 0.15) is 33.2 Å². The number of benzene rings is 2. The standard InChI is InChI=1S/C21H16O5S/c1-2-25-21(24)16-6-4-13(10-17(16)22)19-8-7-18(27-19)12-3-5-15-14(9-12)11-26-20(15)23/h3-10,22H,2,11H2,1H3. The normalized spacial score (nSPS) is 12.6. The molecule has 0 radical (unpaired) electrons. The summed E-state index contributed by atoms with van der Waals surface area (Å²) in [7, 11) is 0. The van der Waals surface area contributed by atoms with Crippen molar-refractivity contribution in [2.75, 3.05) is 6.61 Å². The van der Waals surface area contributed by atoms with Crippen molar-refractivity contribution in [2.45, 2.75) is 13.5 Å². The van der Waals surface area contributed by atoms with Gasteiger partial charge in [-0.3, -0.25) is 0 Å². The van der Waals surface area contributed by atoms with Gasteiger partial charge in [0.15, 0.2) is 0 Å². The third-order valence-corrected chi connectivity index (χ3v) is 5.54. The SMILES string of the molecule is CCOC(=O)c1ccc(-c2ccc(-c3ccc4c(c3)COC4=O)s2)cc1O. The minimum atomic E-state index is -0.539. The highest BCUT2D eigenvalue weighted by Crippen LogP contribution is 2.37. The van der Waals surface area contributed by atoms with Crippen LogP contribution < -0.4 is 0 Å². The molecular formula is C21H16O5S. The van der Waals surface area contributed by atoms with Crippen LogP contribution in [0.3, 0.4) is 0 Å². The van der Waals surface area contributed by atoms with Crippen LogP contribution in [0.4, 0.5) is 0 Å². The van der Waals surface area contributed by atoms with Crippen LogP contribution in [0, 0.1) is 0 Å². The van der Waals surface area contributed by atoms with Gasteiger partial charge in [-0.2, -0.15) is 0 Å². The molecule has 5 nitrogen and oxygen atoms in total. The number of phenolic OH excluding ortho intramolecular Hbond substituents is 1. The molecule has 1 N–H and O–H groups in total. The van der Waals surface area contributed by atoms with Crippen LogP contribution >= 0.6 is 11.3 Å². The summed E-state index contributed by atoms with van der Waals surface area (Å²) in [4.78, 5) is 25.4. The van der Waals surface area contributed by atoms with Crippen molar-refractivity contribution < 1.29 is 24.2 Å². The summed E-state index contributed by atoms with van der Waals surface area (Å²) in [5.74, 6) is -0.919. The molecular weight excluding hydrogens is 364 g/mol. The van der Waals surface area contributed by atoms with Gasteiger partial charge < -0.3 is 14.6 Å². The summed E-state index contributed by atoms with van der Waals surface area (Å²) in [6.45, 7) is 2.28. The molecule has 2 heterocycles. The maximum atomic E-state index is 11.8. The average Bonchev–Trinajstić information content (AvgIpc) is 3.29. The van der Waals surface area contributed by atoms with Crippen LogP contribution in [0.5, 0.6) is 5.75 Å². The second-order valence-electron chi connectivity index (χ2n) is 6.06. The van der Waals surface area contributed by atoms with E-state index in [1.807, 2.05) is 24.3 Å². The molecule has 0 spiro atoms. The Morgan fingerprint density at radius 2 is 1.81 bits per heavy atom. The Morgan fingerprint density at radius 1 is 1.11 bits per heavy atom. The number of carbonyl (C=O) groups is 2. The summed E-state index contributed by atoms with van der Waals surface area (Å²) in [6.07, 6.45) is 0. The predicted octanol–water partition coefficient (Wildman–Crippen LogP) is 4.63. The van der Waals surface area contributed by atoms with E-state index in [4.69, 9.17) is 9.47 Å². The molecule has 4 rings (SSSR count). The number of ether oxygens (including phenoxy) is 2. The van der Waals surface area contributed by atoms with E-state index in [9.17, 15) is 14.7 Å². The number of rotatable bonds is 4. The second-order valence-corrected chi connectivity index (χ2v) is 7.15. The number of hydrogen-bond acceptors (Lipinski definition) is 6. The monoisotopic (exact) mass is 380 g/mol. The van der Waals surface area contributed by atoms with Gasteiger partial charge in [0.1, 0.15) is 17.9 Å². The Morgan fingerprint density at radius 3 is 2.52 bits per heavy atom. The maximum Gasteiger partial charge on any atom is 0.341 e. The lowest BCUT2D eigenvalue weighted by Crippen LogP contribution is -2.04. The lowest BCUT2D eigenvalue weighted by atomic mass is 10.1. The summed E-state index contributed by atoms with van der Waals surface area (Å²) >= 11 is 1.57. The Kier molecular flexibility index (Phi) is 4.41. The number of thiophene rings is 1. The molecule has 0 fully saturated rings. The molecule has 1 aliphatic rings. The fourth-order valence-corrected chi connectivity index (χ4v) is 4.00. The maximum absolute atomic E-state index is 11.8. The van der Waals surface area contributed by atoms with Crippen LogP contribution in [0.2, 0.25) is 0 Å². The van der Waals surface area contributed by atoms with Gasteiger partial charge in [-0.05, 0) is 54.4 Å². The second kappa shape index (κ2) is 6.89. The van der Waals surface area contributed by atoms with Crippen LogP contribution in [0.15, 0.2) is 48.5 Å². The van der Waals surface area contributed by atoms with Crippen LogP contribution in [-0.4, -0.2) is 23.7 Å². The van der Waals surface area contributed by atoms with Crippen molar-refractivity contribution in [2.24, 2.45) is 0 Å². The number of fused-ring (bicyclic) bond motifs is 1. The first kappa shape index (κ1) is 17.3. The van der Waals surface area contributed by atoms with E-state index in [0.29, 0.717) is 12.2 Å². The Hall–Kier alpha value is -3.12. The molecule has 0 saturated heterocycles. The van der Waals surface area contributed by atoms with Crippen LogP contribution in [0.25, 0.3) is 20.9 Å². The molecule has 0 saturated carbocycles. The molecule has 0 atom stereocenters. The highest BCUT2D eigenvalue weighted by molar-refractivity contribution is 7.18. The van der Waals surface area contributed by atoms with Gasteiger partial charge in [0.25, 0.3) is 0 Å². The number of cyclic esters (lactones) is 1. The van der Waals surface area contributed by atoms with Gasteiger partial charge in [0.2, 0.25) is 0 Å². The van der Waals surface area contributed by atoms with Gasteiger partial charge >= 0.3 is 11.9 Å². The molecule has 0 amide bonds. The van der Waals surface area contributed by atoms with Gasteiger partial charge in [-0.15, -0.1) is 11.3 Å². The van der Waals surface area contributed by atoms with Crippen LogP contribution in [-0.2, 0) is 16.1 Å². The molecule has 1 aliphatic heterocycles. The zero-order chi connectivity index (χ0) is 19.0. The predicted molar refractivity (Wildman–Crippen MR) is 102 cm³/mol. The van der Waals surface area contributed by atoms with Gasteiger partial charge in [-0.1, -0.05) is 12.1 Å². The van der Waals surface area contributed by atoms with Gasteiger partial charge in [0, 0.05) is 15.3 Å². The number of esters is 2. The molecule has 136 valence electrons. The summed E-state index contributed by atoms with van der Waals surface area (Å²) in [5.41, 5.74) is 3.49. The van der Waals surface area contributed by atoms with E-state index in [0.717, 1.165) is 26.4 Å². The highest BCUT2D eigenvalue weighted by Gasteiger charge is 2.21. The minimum absolute atomic E-state index is 0.103. The first-order chi connectivity index (χ1) is 13.1. The van der Waals surface area contributed by atoms with E-state index >= 15 is 0 Å². The van der Waals surface area contributed by atoms with E-state index in [2.05, 4.69) is 0 Å². The zero-order valence-corrected chi connectivity index (χ0v) is 15.3. The molecule has 0 bridgehead atoms. The highest BCUT2D eigenvalue weighted by atomic mass is 32.1. The lowest BCUT2D eigenvalue weighted by Gasteiger charge is -2.06. The van der Waals surface area contributed by atoms with E-state index in [1.54, 1.807) is 42.5 Å². The van der Waals surface area contributed by atoms with Crippen molar-refractivity contribution in [3.05, 3.63) is 65.2 Å². The first-order valence-electron chi connectivity index (χ1n) is 8.47. The number of hydrogen-bond donors (Lipinski definition) is 1. The molecule has 3 aromatic rings. The van der Waals surface area contributed by atoms with E-state index < -0.39 is 5.97 Å². The molecule has 1 aromatic heterocycles. The number of aromatic hydroxyl groups is 1. The largest absolute Gasteiger partial charge is 0.507 e. The zero-order valence-electron chi connectivity index (χ0n) is 14.5. The fraction of sp³-hybridized carbons (Fsp3) is 0.143. The summed E-state index contributed by atoms with van der Waals surface area (Å²) in [5, 5.41) is 10.2.